The Labute approximate surface area is 120 Å². The first-order valence-corrected chi connectivity index (χ1v) is 6.97. The Balaban J connectivity index is 2.07. The van der Waals surface area contributed by atoms with Crippen molar-refractivity contribution in [3.8, 4) is 0 Å². The highest BCUT2D eigenvalue weighted by Gasteiger charge is 2.24. The number of rotatable bonds is 7. The second kappa shape index (κ2) is 7.13. The molecule has 0 radical (unpaired) electrons. The maximum Gasteiger partial charge on any atom is 0.329 e. The number of aliphatic hydroxyl groups is 1. The van der Waals surface area contributed by atoms with E-state index in [0.717, 1.165) is 4.88 Å². The molecular formula is C12H16N4O3S. The summed E-state index contributed by atoms with van der Waals surface area (Å²) in [6.45, 7) is 0.852. The van der Waals surface area contributed by atoms with Crippen molar-refractivity contribution in [2.75, 3.05) is 13.7 Å². The van der Waals surface area contributed by atoms with Crippen molar-refractivity contribution in [1.29, 1.82) is 0 Å². The lowest BCUT2D eigenvalue weighted by molar-refractivity contribution is -0.143. The van der Waals surface area contributed by atoms with Crippen molar-refractivity contribution in [3.05, 3.63) is 34.3 Å². The highest BCUT2D eigenvalue weighted by Crippen LogP contribution is 2.14. The Bertz CT molecular complexity index is 541. The van der Waals surface area contributed by atoms with E-state index in [1.54, 1.807) is 17.5 Å². The third-order valence-electron chi connectivity index (χ3n) is 2.68. The van der Waals surface area contributed by atoms with Crippen LogP contribution >= 0.6 is 11.3 Å². The van der Waals surface area contributed by atoms with Crippen molar-refractivity contribution in [2.45, 2.75) is 19.1 Å². The van der Waals surface area contributed by atoms with Gasteiger partial charge in [0.25, 0.3) is 0 Å². The Morgan fingerprint density at radius 3 is 3.15 bits per heavy atom. The lowest BCUT2D eigenvalue weighted by Gasteiger charge is -2.13. The lowest BCUT2D eigenvalue weighted by Crippen LogP contribution is -2.29. The zero-order valence-electron chi connectivity index (χ0n) is 11.0. The van der Waals surface area contributed by atoms with E-state index in [4.69, 9.17) is 9.84 Å². The van der Waals surface area contributed by atoms with Crippen molar-refractivity contribution in [1.82, 2.24) is 20.3 Å². The number of carbonyl (C=O) groups is 1. The number of nitrogens with one attached hydrogen (secondary N) is 1. The molecule has 0 saturated carbocycles. The van der Waals surface area contributed by atoms with Gasteiger partial charge in [0.15, 0.2) is 6.04 Å². The summed E-state index contributed by atoms with van der Waals surface area (Å²) in [4.78, 5) is 12.9. The summed E-state index contributed by atoms with van der Waals surface area (Å²) < 4.78 is 6.27. The van der Waals surface area contributed by atoms with Gasteiger partial charge in [0.1, 0.15) is 5.69 Å². The van der Waals surface area contributed by atoms with Gasteiger partial charge >= 0.3 is 5.97 Å². The van der Waals surface area contributed by atoms with Crippen molar-refractivity contribution >= 4 is 17.3 Å². The molecule has 0 saturated heterocycles. The minimum Gasteiger partial charge on any atom is -0.468 e. The van der Waals surface area contributed by atoms with E-state index in [-0.39, 0.29) is 6.61 Å². The van der Waals surface area contributed by atoms with Gasteiger partial charge in [-0.3, -0.25) is 5.32 Å². The number of hydrogen-bond donors (Lipinski definition) is 2. The number of aliphatic hydroxyl groups excluding tert-OH is 1. The summed E-state index contributed by atoms with van der Waals surface area (Å²) >= 11 is 1.60. The van der Waals surface area contributed by atoms with Gasteiger partial charge in [0.05, 0.1) is 26.5 Å². The number of nitrogens with zero attached hydrogens (tertiary/aromatic N) is 3. The van der Waals surface area contributed by atoms with Gasteiger partial charge in [-0.15, -0.1) is 16.4 Å². The van der Waals surface area contributed by atoms with Gasteiger partial charge in [0, 0.05) is 11.4 Å². The van der Waals surface area contributed by atoms with Gasteiger partial charge in [-0.1, -0.05) is 11.3 Å². The van der Waals surface area contributed by atoms with Crippen LogP contribution in [-0.4, -0.2) is 39.8 Å². The van der Waals surface area contributed by atoms with E-state index in [2.05, 4.69) is 15.6 Å². The fraction of sp³-hybridized carbons (Fsp3) is 0.417. The second-order valence-electron chi connectivity index (χ2n) is 4.05. The minimum atomic E-state index is -0.672. The van der Waals surface area contributed by atoms with Crippen LogP contribution in [-0.2, 0) is 22.6 Å². The van der Waals surface area contributed by atoms with Crippen LogP contribution in [0.3, 0.4) is 0 Å². The normalized spacial score (nSPS) is 12.3. The molecule has 2 rings (SSSR count). The third-order valence-corrected chi connectivity index (χ3v) is 3.56. The first-order valence-electron chi connectivity index (χ1n) is 6.09. The van der Waals surface area contributed by atoms with E-state index in [9.17, 15) is 4.79 Å². The van der Waals surface area contributed by atoms with Crippen LogP contribution in [0.1, 0.15) is 16.6 Å². The van der Waals surface area contributed by atoms with Crippen LogP contribution in [0.15, 0.2) is 23.7 Å². The number of ether oxygens (including phenoxy) is 1. The molecule has 0 spiro atoms. The maximum absolute atomic E-state index is 11.8. The third kappa shape index (κ3) is 3.62. The largest absolute Gasteiger partial charge is 0.468 e. The van der Waals surface area contributed by atoms with Gasteiger partial charge in [0.2, 0.25) is 0 Å². The van der Waals surface area contributed by atoms with Gasteiger partial charge in [-0.2, -0.15) is 0 Å². The summed E-state index contributed by atoms with van der Waals surface area (Å²) in [5.41, 5.74) is 0.474. The molecule has 7 nitrogen and oxygen atoms in total. The first kappa shape index (κ1) is 14.6. The molecule has 0 aromatic carbocycles. The molecule has 1 atom stereocenters. The molecule has 0 aliphatic heterocycles. The van der Waals surface area contributed by atoms with E-state index >= 15 is 0 Å². The number of aromatic nitrogens is 3. The zero-order valence-corrected chi connectivity index (χ0v) is 11.8. The van der Waals surface area contributed by atoms with Gasteiger partial charge < -0.3 is 9.84 Å². The Kier molecular flexibility index (Phi) is 5.22. The molecule has 8 heteroatoms. The predicted molar refractivity (Wildman–Crippen MR) is 73.0 cm³/mol. The molecule has 0 aliphatic carbocycles. The average Bonchev–Trinajstić information content (AvgIpc) is 3.11. The monoisotopic (exact) mass is 296 g/mol. The molecular weight excluding hydrogens is 280 g/mol. The fourth-order valence-corrected chi connectivity index (χ4v) is 2.36. The molecule has 2 heterocycles. The quantitative estimate of drug-likeness (QED) is 0.716. The summed E-state index contributed by atoms with van der Waals surface area (Å²) in [5, 5.41) is 21.7. The topological polar surface area (TPSA) is 89.3 Å². The van der Waals surface area contributed by atoms with Crippen LogP contribution in [0.4, 0.5) is 0 Å². The van der Waals surface area contributed by atoms with E-state index in [1.165, 1.54) is 11.8 Å². The molecule has 20 heavy (non-hydrogen) atoms. The number of methoxy groups -OCH3 is 1. The molecule has 0 amide bonds. The maximum atomic E-state index is 11.8. The summed E-state index contributed by atoms with van der Waals surface area (Å²) in [7, 11) is 1.33. The van der Waals surface area contributed by atoms with Crippen LogP contribution in [0.5, 0.6) is 0 Å². The summed E-state index contributed by atoms with van der Waals surface area (Å²) in [6, 6.07) is 3.26. The van der Waals surface area contributed by atoms with E-state index < -0.39 is 12.0 Å². The van der Waals surface area contributed by atoms with Gasteiger partial charge in [-0.25, -0.2) is 9.48 Å². The predicted octanol–water partition coefficient (Wildman–Crippen LogP) is 0.336. The molecule has 0 bridgehead atoms. The smallest absolute Gasteiger partial charge is 0.329 e. The highest BCUT2D eigenvalue weighted by molar-refractivity contribution is 7.09. The van der Waals surface area contributed by atoms with E-state index in [0.29, 0.717) is 18.8 Å². The summed E-state index contributed by atoms with van der Waals surface area (Å²) in [6.07, 6.45) is 1.62. The van der Waals surface area contributed by atoms with Crippen molar-refractivity contribution in [2.24, 2.45) is 0 Å². The molecule has 2 N–H and O–H groups in total. The average molecular weight is 296 g/mol. The molecule has 2 aromatic heterocycles. The Morgan fingerprint density at radius 2 is 2.50 bits per heavy atom. The fourth-order valence-electron chi connectivity index (χ4n) is 1.70. The lowest BCUT2D eigenvalue weighted by atomic mass is 10.2. The van der Waals surface area contributed by atoms with Gasteiger partial charge in [-0.05, 0) is 11.4 Å². The number of esters is 1. The van der Waals surface area contributed by atoms with Crippen LogP contribution in [0.25, 0.3) is 0 Å². The number of carbonyl (C=O) groups excluding carboxylic acids is 1. The molecule has 0 fully saturated rings. The SMILES string of the molecule is COC(=O)C(NCc1cccs1)c1cn(CCO)nn1. The van der Waals surface area contributed by atoms with E-state index in [1.807, 2.05) is 17.5 Å². The Hall–Kier alpha value is -1.77. The van der Waals surface area contributed by atoms with Crippen LogP contribution < -0.4 is 5.32 Å². The standard InChI is InChI=1S/C12H16N4O3S/c1-19-12(18)11(13-7-9-3-2-6-20-9)10-8-16(4-5-17)15-14-10/h2-3,6,8,11,13,17H,4-5,7H2,1H3. The zero-order chi connectivity index (χ0) is 14.4. The molecule has 1 unspecified atom stereocenters. The Morgan fingerprint density at radius 1 is 1.65 bits per heavy atom. The molecule has 2 aromatic rings. The highest BCUT2D eigenvalue weighted by atomic mass is 32.1. The van der Waals surface area contributed by atoms with Crippen LogP contribution in [0, 0.1) is 0 Å². The van der Waals surface area contributed by atoms with Crippen molar-refractivity contribution < 1.29 is 14.6 Å². The number of hydrogen-bond acceptors (Lipinski definition) is 7. The number of thiophene rings is 1. The minimum absolute atomic E-state index is 0.0334. The first-order chi connectivity index (χ1) is 9.74. The molecule has 108 valence electrons. The molecule has 0 aliphatic rings. The van der Waals surface area contributed by atoms with Crippen LogP contribution in [0.2, 0.25) is 0 Å². The summed E-state index contributed by atoms with van der Waals surface area (Å²) in [5.74, 6) is -0.419. The second-order valence-corrected chi connectivity index (χ2v) is 5.08. The van der Waals surface area contributed by atoms with Crippen molar-refractivity contribution in [3.63, 3.8) is 0 Å².